The number of hydrogen-bond acceptors (Lipinski definition) is 5. The molecule has 0 spiro atoms. The molecule has 0 bridgehead atoms. The maximum Gasteiger partial charge on any atom is 0.255 e. The molecule has 0 radical (unpaired) electrons. The molecule has 0 fully saturated rings. The highest BCUT2D eigenvalue weighted by Gasteiger charge is 2.26. The predicted octanol–water partition coefficient (Wildman–Crippen LogP) is 2.19. The summed E-state index contributed by atoms with van der Waals surface area (Å²) in [5.74, 6) is -0.683. The van der Waals surface area contributed by atoms with Crippen LogP contribution < -0.4 is 20.5 Å². The number of sulfonamides is 1. The Labute approximate surface area is 176 Å². The highest BCUT2D eigenvalue weighted by Crippen LogP contribution is 2.19. The lowest BCUT2D eigenvalue weighted by atomic mass is 10.0. The molecule has 2 aromatic rings. The van der Waals surface area contributed by atoms with Crippen molar-refractivity contribution in [3.8, 4) is 5.75 Å². The minimum atomic E-state index is -3.87. The molecule has 9 heteroatoms. The molecule has 162 valence electrons. The summed E-state index contributed by atoms with van der Waals surface area (Å²) in [6, 6.07) is 11.9. The number of rotatable bonds is 10. The Morgan fingerprint density at radius 2 is 1.77 bits per heavy atom. The number of benzene rings is 2. The number of nitrogens with one attached hydrogen (secondary N) is 2. The van der Waals surface area contributed by atoms with Crippen molar-refractivity contribution in [2.75, 3.05) is 11.9 Å². The summed E-state index contributed by atoms with van der Waals surface area (Å²) in [5.41, 5.74) is 6.40. The number of ether oxygens (including phenoxy) is 1. The third-order valence-corrected chi connectivity index (χ3v) is 5.62. The van der Waals surface area contributed by atoms with Crippen LogP contribution in [-0.4, -0.2) is 32.9 Å². The van der Waals surface area contributed by atoms with Gasteiger partial charge in [-0.05, 0) is 43.5 Å². The number of carbonyl (C=O) groups is 2. The van der Waals surface area contributed by atoms with Gasteiger partial charge >= 0.3 is 0 Å². The molecule has 0 heterocycles. The Bertz CT molecular complexity index is 988. The van der Waals surface area contributed by atoms with E-state index in [1.807, 2.05) is 20.8 Å². The second kappa shape index (κ2) is 10.2. The van der Waals surface area contributed by atoms with Gasteiger partial charge in [0, 0.05) is 11.8 Å². The van der Waals surface area contributed by atoms with Gasteiger partial charge in [0.15, 0.2) is 6.61 Å². The Morgan fingerprint density at radius 3 is 2.37 bits per heavy atom. The number of aryl methyl sites for hydroxylation is 1. The zero-order chi connectivity index (χ0) is 22.3. The summed E-state index contributed by atoms with van der Waals surface area (Å²) in [6.45, 7) is 5.38. The zero-order valence-electron chi connectivity index (χ0n) is 17.2. The van der Waals surface area contributed by atoms with Crippen LogP contribution in [0.2, 0.25) is 0 Å². The Kier molecular flexibility index (Phi) is 7.96. The molecule has 1 atom stereocenters. The average Bonchev–Trinajstić information content (AvgIpc) is 2.66. The fraction of sp³-hybridized carbons (Fsp3) is 0.333. The van der Waals surface area contributed by atoms with Crippen molar-refractivity contribution >= 4 is 27.5 Å². The van der Waals surface area contributed by atoms with Crippen LogP contribution in [0, 0.1) is 12.8 Å². The first-order chi connectivity index (χ1) is 14.1. The number of carbonyl (C=O) groups excluding carboxylic acids is 2. The van der Waals surface area contributed by atoms with Crippen molar-refractivity contribution in [1.82, 2.24) is 4.72 Å². The van der Waals surface area contributed by atoms with E-state index in [1.54, 1.807) is 30.3 Å². The molecule has 1 unspecified atom stereocenters. The van der Waals surface area contributed by atoms with Gasteiger partial charge in [-0.2, -0.15) is 4.72 Å². The maximum atomic E-state index is 12.8. The van der Waals surface area contributed by atoms with Crippen LogP contribution in [0.4, 0.5) is 5.69 Å². The van der Waals surface area contributed by atoms with Crippen molar-refractivity contribution in [2.24, 2.45) is 11.7 Å². The molecule has 2 aromatic carbocycles. The smallest absolute Gasteiger partial charge is 0.255 e. The van der Waals surface area contributed by atoms with E-state index in [2.05, 4.69) is 10.0 Å². The van der Waals surface area contributed by atoms with E-state index < -0.39 is 27.9 Å². The van der Waals surface area contributed by atoms with Gasteiger partial charge in [0.2, 0.25) is 15.9 Å². The molecular weight excluding hydrogens is 406 g/mol. The van der Waals surface area contributed by atoms with Gasteiger partial charge in [0.05, 0.1) is 4.90 Å². The largest absolute Gasteiger partial charge is 0.484 e. The molecule has 0 aliphatic rings. The fourth-order valence-corrected chi connectivity index (χ4v) is 3.91. The van der Waals surface area contributed by atoms with Crippen molar-refractivity contribution in [3.63, 3.8) is 0 Å². The number of hydrogen-bond donors (Lipinski definition) is 3. The molecule has 8 nitrogen and oxygen atoms in total. The Balaban J connectivity index is 2.16. The third-order valence-electron chi connectivity index (χ3n) is 4.13. The van der Waals surface area contributed by atoms with Gasteiger partial charge in [0.1, 0.15) is 11.8 Å². The zero-order valence-corrected chi connectivity index (χ0v) is 18.0. The molecule has 0 aliphatic heterocycles. The quantitative estimate of drug-likeness (QED) is 0.529. The van der Waals surface area contributed by atoms with Crippen LogP contribution >= 0.6 is 0 Å². The summed E-state index contributed by atoms with van der Waals surface area (Å²) in [7, 11) is -3.87. The molecule has 2 rings (SSSR count). The lowest BCUT2D eigenvalue weighted by Crippen LogP contribution is -2.44. The normalized spacial score (nSPS) is 12.4. The molecule has 30 heavy (non-hydrogen) atoms. The monoisotopic (exact) mass is 433 g/mol. The van der Waals surface area contributed by atoms with Crippen molar-refractivity contribution < 1.29 is 22.7 Å². The molecule has 0 aliphatic carbocycles. The minimum Gasteiger partial charge on any atom is -0.484 e. The van der Waals surface area contributed by atoms with Crippen molar-refractivity contribution in [2.45, 2.75) is 38.1 Å². The first-order valence-electron chi connectivity index (χ1n) is 9.48. The predicted molar refractivity (Wildman–Crippen MR) is 115 cm³/mol. The summed E-state index contributed by atoms with van der Waals surface area (Å²) >= 11 is 0. The van der Waals surface area contributed by atoms with E-state index in [1.165, 1.54) is 18.2 Å². The van der Waals surface area contributed by atoms with Crippen LogP contribution in [0.3, 0.4) is 0 Å². The number of amides is 2. The summed E-state index contributed by atoms with van der Waals surface area (Å²) in [6.07, 6.45) is 0.314. The van der Waals surface area contributed by atoms with E-state index in [0.29, 0.717) is 17.9 Å². The SMILES string of the molecule is Cc1ccc(S(=O)(=O)NC(CC(C)C)C(=O)Nc2cccc(OCC(N)=O)c2)cc1. The number of nitrogens with two attached hydrogens (primary N) is 1. The second-order valence-corrected chi connectivity index (χ2v) is 9.10. The Hall–Kier alpha value is -2.91. The highest BCUT2D eigenvalue weighted by atomic mass is 32.2. The van der Waals surface area contributed by atoms with E-state index >= 15 is 0 Å². The molecular formula is C21H27N3O5S. The third kappa shape index (κ3) is 7.16. The van der Waals surface area contributed by atoms with Crippen LogP contribution in [0.25, 0.3) is 0 Å². The van der Waals surface area contributed by atoms with Gasteiger partial charge in [-0.3, -0.25) is 9.59 Å². The van der Waals surface area contributed by atoms with Crippen molar-refractivity contribution in [1.29, 1.82) is 0 Å². The van der Waals surface area contributed by atoms with Crippen LogP contribution in [0.5, 0.6) is 5.75 Å². The highest BCUT2D eigenvalue weighted by molar-refractivity contribution is 7.89. The summed E-state index contributed by atoms with van der Waals surface area (Å²) < 4.78 is 33.2. The molecule has 0 aromatic heterocycles. The topological polar surface area (TPSA) is 128 Å². The minimum absolute atomic E-state index is 0.0757. The van der Waals surface area contributed by atoms with E-state index in [9.17, 15) is 18.0 Å². The molecule has 2 amide bonds. The van der Waals surface area contributed by atoms with Crippen LogP contribution in [-0.2, 0) is 19.6 Å². The maximum absolute atomic E-state index is 12.8. The fourth-order valence-electron chi connectivity index (χ4n) is 2.70. The second-order valence-electron chi connectivity index (χ2n) is 7.39. The lowest BCUT2D eigenvalue weighted by molar-refractivity contribution is -0.120. The first kappa shape index (κ1) is 23.4. The van der Waals surface area contributed by atoms with Crippen molar-refractivity contribution in [3.05, 3.63) is 54.1 Å². The average molecular weight is 434 g/mol. The molecule has 4 N–H and O–H groups in total. The Morgan fingerprint density at radius 1 is 1.10 bits per heavy atom. The van der Waals surface area contributed by atoms with Gasteiger partial charge in [-0.1, -0.05) is 37.6 Å². The number of anilines is 1. The standard InChI is InChI=1S/C21H27N3O5S/c1-14(2)11-19(24-30(27,28)18-9-7-15(3)8-10-18)21(26)23-16-5-4-6-17(12-16)29-13-20(22)25/h4-10,12,14,19,24H,11,13H2,1-3H3,(H2,22,25)(H,23,26). The van der Waals surface area contributed by atoms with Gasteiger partial charge in [0.25, 0.3) is 5.91 Å². The number of primary amides is 1. The van der Waals surface area contributed by atoms with E-state index in [0.717, 1.165) is 5.56 Å². The van der Waals surface area contributed by atoms with Crippen LogP contribution in [0.15, 0.2) is 53.4 Å². The summed E-state index contributed by atoms with van der Waals surface area (Å²) in [5, 5.41) is 2.70. The molecule has 0 saturated carbocycles. The van der Waals surface area contributed by atoms with Gasteiger partial charge in [-0.25, -0.2) is 8.42 Å². The molecule has 0 saturated heterocycles. The van der Waals surface area contributed by atoms with Gasteiger partial charge < -0.3 is 15.8 Å². The van der Waals surface area contributed by atoms with Gasteiger partial charge in [-0.15, -0.1) is 0 Å². The summed E-state index contributed by atoms with van der Waals surface area (Å²) in [4.78, 5) is 23.8. The van der Waals surface area contributed by atoms with E-state index in [-0.39, 0.29) is 17.4 Å². The first-order valence-corrected chi connectivity index (χ1v) is 11.0. The van der Waals surface area contributed by atoms with E-state index in [4.69, 9.17) is 10.5 Å². The lowest BCUT2D eigenvalue weighted by Gasteiger charge is -2.20. The van der Waals surface area contributed by atoms with Crippen LogP contribution in [0.1, 0.15) is 25.8 Å².